The molecule has 0 radical (unpaired) electrons. The number of benzene rings is 2. The van der Waals surface area contributed by atoms with Gasteiger partial charge in [-0.15, -0.1) is 0 Å². The molecule has 2 aromatic rings. The second-order valence-corrected chi connectivity index (χ2v) is 6.74. The van der Waals surface area contributed by atoms with E-state index in [0.29, 0.717) is 17.7 Å². The average molecular weight is 325 g/mol. The van der Waals surface area contributed by atoms with Crippen LogP contribution in [0.25, 0.3) is 0 Å². The first-order valence-electron chi connectivity index (χ1n) is 8.89. The maximum atomic E-state index is 9.42. The molecule has 0 unspecified atom stereocenters. The molecule has 128 valence electrons. The van der Waals surface area contributed by atoms with Crippen LogP contribution in [-0.2, 0) is 0 Å². The van der Waals surface area contributed by atoms with Crippen molar-refractivity contribution in [2.75, 3.05) is 20.2 Å². The van der Waals surface area contributed by atoms with Gasteiger partial charge in [-0.1, -0.05) is 30.3 Å². The zero-order valence-corrected chi connectivity index (χ0v) is 14.4. The van der Waals surface area contributed by atoms with Crippen molar-refractivity contribution in [3.63, 3.8) is 0 Å². The zero-order valence-electron chi connectivity index (χ0n) is 14.4. The standard InChI is InChI=1S/C21H27NO2/c1-22(15-16-24-21-5-3-2-4-6-21)19-11-7-17(8-12-19)18-9-13-20(23)14-10-18/h2-6,9-10,13-14,17,19,23H,7-8,11-12,15-16H2,1H3. The molecule has 1 aliphatic rings. The fourth-order valence-corrected chi connectivity index (χ4v) is 3.60. The third-order valence-corrected chi connectivity index (χ3v) is 5.14. The Morgan fingerprint density at radius 2 is 1.62 bits per heavy atom. The number of likely N-dealkylation sites (N-methyl/N-ethyl adjacent to an activating group) is 1. The minimum atomic E-state index is 0.352. The minimum absolute atomic E-state index is 0.352. The molecule has 0 aliphatic heterocycles. The maximum Gasteiger partial charge on any atom is 0.119 e. The van der Waals surface area contributed by atoms with Crippen molar-refractivity contribution in [1.29, 1.82) is 0 Å². The van der Waals surface area contributed by atoms with E-state index in [4.69, 9.17) is 4.74 Å². The molecular weight excluding hydrogens is 298 g/mol. The molecule has 1 saturated carbocycles. The average Bonchev–Trinajstić information content (AvgIpc) is 2.63. The van der Waals surface area contributed by atoms with Gasteiger partial charge in [0.1, 0.15) is 18.1 Å². The highest BCUT2D eigenvalue weighted by Crippen LogP contribution is 2.34. The molecule has 0 spiro atoms. The first-order chi connectivity index (χ1) is 11.7. The van der Waals surface area contributed by atoms with Crippen LogP contribution in [0, 0.1) is 0 Å². The molecular formula is C21H27NO2. The van der Waals surface area contributed by atoms with Gasteiger partial charge >= 0.3 is 0 Å². The van der Waals surface area contributed by atoms with Gasteiger partial charge < -0.3 is 14.7 Å². The van der Waals surface area contributed by atoms with Gasteiger partial charge in [-0.25, -0.2) is 0 Å². The first-order valence-corrected chi connectivity index (χ1v) is 8.89. The highest BCUT2D eigenvalue weighted by molar-refractivity contribution is 5.28. The van der Waals surface area contributed by atoms with Crippen LogP contribution in [0.1, 0.15) is 37.2 Å². The van der Waals surface area contributed by atoms with Crippen LogP contribution >= 0.6 is 0 Å². The number of ether oxygens (including phenoxy) is 1. The molecule has 0 amide bonds. The number of hydrogen-bond acceptors (Lipinski definition) is 3. The molecule has 3 rings (SSSR count). The quantitative estimate of drug-likeness (QED) is 0.853. The SMILES string of the molecule is CN(CCOc1ccccc1)C1CCC(c2ccc(O)cc2)CC1. The molecule has 1 N–H and O–H groups in total. The summed E-state index contributed by atoms with van der Waals surface area (Å²) >= 11 is 0. The Balaban J connectivity index is 1.41. The molecule has 3 heteroatoms. The van der Waals surface area contributed by atoms with Gasteiger partial charge in [0.05, 0.1) is 0 Å². The Morgan fingerprint density at radius 1 is 0.958 bits per heavy atom. The van der Waals surface area contributed by atoms with Crippen molar-refractivity contribution >= 4 is 0 Å². The Labute approximate surface area is 144 Å². The number of aromatic hydroxyl groups is 1. The van der Waals surface area contributed by atoms with E-state index < -0.39 is 0 Å². The smallest absolute Gasteiger partial charge is 0.119 e. The summed E-state index contributed by atoms with van der Waals surface area (Å²) in [6, 6.07) is 18.4. The van der Waals surface area contributed by atoms with E-state index >= 15 is 0 Å². The maximum absolute atomic E-state index is 9.42. The minimum Gasteiger partial charge on any atom is -0.508 e. The van der Waals surface area contributed by atoms with E-state index in [9.17, 15) is 5.11 Å². The monoisotopic (exact) mass is 325 g/mol. The van der Waals surface area contributed by atoms with Gasteiger partial charge in [0, 0.05) is 12.6 Å². The summed E-state index contributed by atoms with van der Waals surface area (Å²) in [5.41, 5.74) is 1.36. The lowest BCUT2D eigenvalue weighted by atomic mass is 9.81. The van der Waals surface area contributed by atoms with E-state index in [0.717, 1.165) is 18.9 Å². The fraction of sp³-hybridized carbons (Fsp3) is 0.429. The van der Waals surface area contributed by atoms with Gasteiger partial charge in [0.2, 0.25) is 0 Å². The van der Waals surface area contributed by atoms with Crippen LogP contribution in [0.15, 0.2) is 54.6 Å². The summed E-state index contributed by atoms with van der Waals surface area (Å²) in [6.45, 7) is 1.70. The van der Waals surface area contributed by atoms with E-state index in [2.05, 4.69) is 24.1 Å². The molecule has 24 heavy (non-hydrogen) atoms. The predicted octanol–water partition coefficient (Wildman–Crippen LogP) is 4.43. The summed E-state index contributed by atoms with van der Waals surface area (Å²) in [6.07, 6.45) is 4.90. The van der Waals surface area contributed by atoms with Gasteiger partial charge in [0.25, 0.3) is 0 Å². The summed E-state index contributed by atoms with van der Waals surface area (Å²) in [5, 5.41) is 9.42. The van der Waals surface area contributed by atoms with Gasteiger partial charge in [-0.05, 0) is 68.5 Å². The third kappa shape index (κ3) is 4.51. The summed E-state index contributed by atoms with van der Waals surface area (Å²) in [4.78, 5) is 2.44. The summed E-state index contributed by atoms with van der Waals surface area (Å²) in [7, 11) is 2.21. The Bertz CT molecular complexity index is 603. The molecule has 0 bridgehead atoms. The Kier molecular flexibility index (Phi) is 5.76. The molecule has 3 nitrogen and oxygen atoms in total. The van der Waals surface area contributed by atoms with Gasteiger partial charge in [0.15, 0.2) is 0 Å². The van der Waals surface area contributed by atoms with Crippen LogP contribution in [0.3, 0.4) is 0 Å². The Hall–Kier alpha value is -2.00. The topological polar surface area (TPSA) is 32.7 Å². The number of phenolic OH excluding ortho intramolecular Hbond substituents is 1. The predicted molar refractivity (Wildman–Crippen MR) is 97.7 cm³/mol. The highest BCUT2D eigenvalue weighted by Gasteiger charge is 2.24. The van der Waals surface area contributed by atoms with Crippen molar-refractivity contribution in [2.24, 2.45) is 0 Å². The normalized spacial score (nSPS) is 20.9. The number of para-hydroxylation sites is 1. The molecule has 2 aromatic carbocycles. The van der Waals surface area contributed by atoms with E-state index in [-0.39, 0.29) is 0 Å². The van der Waals surface area contributed by atoms with Crippen molar-refractivity contribution in [1.82, 2.24) is 4.90 Å². The molecule has 0 atom stereocenters. The molecule has 0 heterocycles. The van der Waals surface area contributed by atoms with Crippen molar-refractivity contribution in [2.45, 2.75) is 37.6 Å². The largest absolute Gasteiger partial charge is 0.508 e. The number of rotatable bonds is 6. The van der Waals surface area contributed by atoms with Crippen LogP contribution in [-0.4, -0.2) is 36.2 Å². The lowest BCUT2D eigenvalue weighted by Gasteiger charge is -2.34. The van der Waals surface area contributed by atoms with Gasteiger partial charge in [-0.2, -0.15) is 0 Å². The van der Waals surface area contributed by atoms with Crippen LogP contribution in [0.5, 0.6) is 11.5 Å². The summed E-state index contributed by atoms with van der Waals surface area (Å²) < 4.78 is 5.80. The lowest BCUT2D eigenvalue weighted by molar-refractivity contribution is 0.154. The van der Waals surface area contributed by atoms with Crippen LogP contribution in [0.2, 0.25) is 0 Å². The molecule has 1 fully saturated rings. The van der Waals surface area contributed by atoms with E-state index in [1.165, 1.54) is 31.2 Å². The fourth-order valence-electron chi connectivity index (χ4n) is 3.60. The first kappa shape index (κ1) is 16.8. The number of hydrogen-bond donors (Lipinski definition) is 1. The van der Waals surface area contributed by atoms with E-state index in [1.807, 2.05) is 30.3 Å². The highest BCUT2D eigenvalue weighted by atomic mass is 16.5. The summed E-state index contributed by atoms with van der Waals surface area (Å²) in [5.74, 6) is 1.93. The van der Waals surface area contributed by atoms with Gasteiger partial charge in [-0.3, -0.25) is 0 Å². The molecule has 1 aliphatic carbocycles. The second kappa shape index (κ2) is 8.20. The lowest BCUT2D eigenvalue weighted by Crippen LogP contribution is -2.37. The molecule has 0 saturated heterocycles. The van der Waals surface area contributed by atoms with Crippen LogP contribution in [0.4, 0.5) is 0 Å². The number of phenols is 1. The van der Waals surface area contributed by atoms with Crippen LogP contribution < -0.4 is 4.74 Å². The van der Waals surface area contributed by atoms with Crippen molar-refractivity contribution in [3.8, 4) is 11.5 Å². The van der Waals surface area contributed by atoms with E-state index in [1.54, 1.807) is 12.1 Å². The Morgan fingerprint density at radius 3 is 2.29 bits per heavy atom. The third-order valence-electron chi connectivity index (χ3n) is 5.14. The second-order valence-electron chi connectivity index (χ2n) is 6.74. The number of nitrogens with zero attached hydrogens (tertiary/aromatic N) is 1. The molecule has 0 aromatic heterocycles. The van der Waals surface area contributed by atoms with Crippen molar-refractivity contribution < 1.29 is 9.84 Å². The zero-order chi connectivity index (χ0) is 16.8. The van der Waals surface area contributed by atoms with Crippen molar-refractivity contribution in [3.05, 3.63) is 60.2 Å².